The van der Waals surface area contributed by atoms with Crippen LogP contribution in [0.5, 0.6) is 11.5 Å². The molecule has 0 amide bonds. The standard InChI is InChI=1S/C15H13FN2O3/c1-9(19)21-12-4-2-11(3-5-12)18-8-10-6-15(20)13(16)7-14(10)17/h2-8,20H,17H2,1H3. The van der Waals surface area contributed by atoms with Crippen LogP contribution in [0.4, 0.5) is 15.8 Å². The number of hydrogen-bond donors (Lipinski definition) is 2. The lowest BCUT2D eigenvalue weighted by molar-refractivity contribution is -0.131. The van der Waals surface area contributed by atoms with Crippen LogP contribution in [0, 0.1) is 5.82 Å². The Morgan fingerprint density at radius 2 is 2.00 bits per heavy atom. The molecule has 2 aromatic rings. The average Bonchev–Trinajstić information content (AvgIpc) is 2.42. The number of aliphatic imine (C=N–C) groups is 1. The Morgan fingerprint density at radius 1 is 1.33 bits per heavy atom. The van der Waals surface area contributed by atoms with E-state index >= 15 is 0 Å². The summed E-state index contributed by atoms with van der Waals surface area (Å²) >= 11 is 0. The van der Waals surface area contributed by atoms with Crippen LogP contribution < -0.4 is 10.5 Å². The molecule has 0 unspecified atom stereocenters. The van der Waals surface area contributed by atoms with Gasteiger partial charge >= 0.3 is 5.97 Å². The molecular formula is C15H13FN2O3. The number of phenolic OH excluding ortho intramolecular Hbond substituents is 1. The quantitative estimate of drug-likeness (QED) is 0.299. The lowest BCUT2D eigenvalue weighted by Gasteiger charge is -2.03. The van der Waals surface area contributed by atoms with Gasteiger partial charge < -0.3 is 15.6 Å². The fourth-order valence-electron chi connectivity index (χ4n) is 1.62. The molecule has 0 saturated carbocycles. The number of carbonyl (C=O) groups is 1. The molecule has 0 aliphatic rings. The van der Waals surface area contributed by atoms with E-state index in [1.54, 1.807) is 24.3 Å². The third-order valence-corrected chi connectivity index (χ3v) is 2.60. The van der Waals surface area contributed by atoms with Crippen molar-refractivity contribution in [2.75, 3.05) is 5.73 Å². The van der Waals surface area contributed by atoms with Crippen molar-refractivity contribution in [3.05, 3.63) is 47.8 Å². The molecule has 0 fully saturated rings. The number of ether oxygens (including phenoxy) is 1. The highest BCUT2D eigenvalue weighted by atomic mass is 19.1. The maximum absolute atomic E-state index is 13.1. The number of phenols is 1. The summed E-state index contributed by atoms with van der Waals surface area (Å²) in [6, 6.07) is 8.71. The summed E-state index contributed by atoms with van der Waals surface area (Å²) in [4.78, 5) is 14.9. The van der Waals surface area contributed by atoms with Crippen LogP contribution in [0.1, 0.15) is 12.5 Å². The second kappa shape index (κ2) is 6.04. The molecule has 2 aromatic carbocycles. The minimum Gasteiger partial charge on any atom is -0.505 e. The van der Waals surface area contributed by atoms with Crippen molar-refractivity contribution >= 4 is 23.6 Å². The normalized spacial score (nSPS) is 10.8. The molecule has 0 aliphatic carbocycles. The molecule has 0 aliphatic heterocycles. The second-order valence-electron chi connectivity index (χ2n) is 4.28. The summed E-state index contributed by atoms with van der Waals surface area (Å²) < 4.78 is 17.9. The number of rotatable bonds is 3. The number of nitrogens with two attached hydrogens (primary N) is 1. The highest BCUT2D eigenvalue weighted by molar-refractivity contribution is 5.89. The van der Waals surface area contributed by atoms with Crippen molar-refractivity contribution in [2.45, 2.75) is 6.92 Å². The van der Waals surface area contributed by atoms with Crippen molar-refractivity contribution in [3.8, 4) is 11.5 Å². The summed E-state index contributed by atoms with van der Waals surface area (Å²) in [6.45, 7) is 1.32. The number of nitrogen functional groups attached to an aromatic ring is 1. The zero-order valence-corrected chi connectivity index (χ0v) is 11.2. The molecule has 108 valence electrons. The Morgan fingerprint density at radius 3 is 2.62 bits per heavy atom. The molecule has 0 heterocycles. The monoisotopic (exact) mass is 288 g/mol. The average molecular weight is 288 g/mol. The molecule has 2 rings (SSSR count). The van der Waals surface area contributed by atoms with E-state index < -0.39 is 17.5 Å². The lowest BCUT2D eigenvalue weighted by atomic mass is 10.2. The Kier molecular flexibility index (Phi) is 4.18. The Labute approximate surface area is 120 Å². The molecule has 0 aromatic heterocycles. The second-order valence-corrected chi connectivity index (χ2v) is 4.28. The van der Waals surface area contributed by atoms with Gasteiger partial charge in [-0.3, -0.25) is 9.79 Å². The summed E-state index contributed by atoms with van der Waals surface area (Å²) in [5.41, 5.74) is 6.80. The van der Waals surface area contributed by atoms with E-state index in [-0.39, 0.29) is 5.69 Å². The van der Waals surface area contributed by atoms with E-state index in [4.69, 9.17) is 10.5 Å². The van der Waals surface area contributed by atoms with Crippen molar-refractivity contribution in [1.82, 2.24) is 0 Å². The number of halogens is 1. The van der Waals surface area contributed by atoms with E-state index in [1.165, 1.54) is 19.2 Å². The van der Waals surface area contributed by atoms with E-state index in [0.717, 1.165) is 6.07 Å². The number of benzene rings is 2. The zero-order chi connectivity index (χ0) is 15.4. The van der Waals surface area contributed by atoms with Crippen LogP contribution in [0.15, 0.2) is 41.4 Å². The third-order valence-electron chi connectivity index (χ3n) is 2.60. The predicted octanol–water partition coefficient (Wildman–Crippen LogP) is 2.79. The summed E-state index contributed by atoms with van der Waals surface area (Å²) in [5, 5.41) is 9.30. The van der Waals surface area contributed by atoms with Gasteiger partial charge in [-0.1, -0.05) is 0 Å². The smallest absolute Gasteiger partial charge is 0.308 e. The number of carbonyl (C=O) groups excluding carboxylic acids is 1. The van der Waals surface area contributed by atoms with E-state index in [2.05, 4.69) is 4.99 Å². The number of esters is 1. The molecule has 0 bridgehead atoms. The van der Waals surface area contributed by atoms with E-state index in [0.29, 0.717) is 17.0 Å². The molecule has 0 saturated heterocycles. The Hall–Kier alpha value is -2.89. The van der Waals surface area contributed by atoms with Gasteiger partial charge in [0.05, 0.1) is 5.69 Å². The molecule has 5 nitrogen and oxygen atoms in total. The van der Waals surface area contributed by atoms with E-state index in [9.17, 15) is 14.3 Å². The molecule has 3 N–H and O–H groups in total. The molecule has 0 atom stereocenters. The number of hydrogen-bond acceptors (Lipinski definition) is 5. The zero-order valence-electron chi connectivity index (χ0n) is 11.2. The minimum absolute atomic E-state index is 0.172. The number of anilines is 1. The fraction of sp³-hybridized carbons (Fsp3) is 0.0667. The van der Waals surface area contributed by atoms with Gasteiger partial charge in [0.25, 0.3) is 0 Å². The van der Waals surface area contributed by atoms with Crippen LogP contribution in [-0.4, -0.2) is 17.3 Å². The maximum Gasteiger partial charge on any atom is 0.308 e. The van der Waals surface area contributed by atoms with Gasteiger partial charge in [0.1, 0.15) is 5.75 Å². The van der Waals surface area contributed by atoms with Crippen LogP contribution in [0.2, 0.25) is 0 Å². The number of nitrogens with zero attached hydrogens (tertiary/aromatic N) is 1. The Balaban J connectivity index is 2.18. The molecular weight excluding hydrogens is 275 g/mol. The summed E-state index contributed by atoms with van der Waals surface area (Å²) in [7, 11) is 0. The van der Waals surface area contributed by atoms with E-state index in [1.807, 2.05) is 0 Å². The van der Waals surface area contributed by atoms with Gasteiger partial charge in [-0.25, -0.2) is 4.39 Å². The van der Waals surface area contributed by atoms with Gasteiger partial charge in [0.2, 0.25) is 0 Å². The highest BCUT2D eigenvalue weighted by Crippen LogP contribution is 2.23. The van der Waals surface area contributed by atoms with Gasteiger partial charge in [0, 0.05) is 30.5 Å². The maximum atomic E-state index is 13.1. The first-order valence-corrected chi connectivity index (χ1v) is 6.06. The van der Waals surface area contributed by atoms with Crippen molar-refractivity contribution in [2.24, 2.45) is 4.99 Å². The van der Waals surface area contributed by atoms with Crippen molar-refractivity contribution in [1.29, 1.82) is 0 Å². The van der Waals surface area contributed by atoms with Gasteiger partial charge in [-0.15, -0.1) is 0 Å². The van der Waals surface area contributed by atoms with Gasteiger partial charge in [-0.2, -0.15) is 0 Å². The van der Waals surface area contributed by atoms with Crippen LogP contribution >= 0.6 is 0 Å². The van der Waals surface area contributed by atoms with Crippen molar-refractivity contribution < 1.29 is 19.0 Å². The first-order chi connectivity index (χ1) is 9.95. The molecule has 21 heavy (non-hydrogen) atoms. The number of aromatic hydroxyl groups is 1. The topological polar surface area (TPSA) is 84.9 Å². The first kappa shape index (κ1) is 14.5. The van der Waals surface area contributed by atoms with Crippen LogP contribution in [0.25, 0.3) is 0 Å². The minimum atomic E-state index is -0.782. The Bertz CT molecular complexity index is 697. The SMILES string of the molecule is CC(=O)Oc1ccc(N=Cc2cc(O)c(F)cc2N)cc1. The summed E-state index contributed by atoms with van der Waals surface area (Å²) in [5.74, 6) is -1.26. The largest absolute Gasteiger partial charge is 0.505 e. The first-order valence-electron chi connectivity index (χ1n) is 6.06. The fourth-order valence-corrected chi connectivity index (χ4v) is 1.62. The van der Waals surface area contributed by atoms with Crippen LogP contribution in [0.3, 0.4) is 0 Å². The van der Waals surface area contributed by atoms with Gasteiger partial charge in [0.15, 0.2) is 11.6 Å². The summed E-state index contributed by atoms with van der Waals surface area (Å²) in [6.07, 6.45) is 1.41. The van der Waals surface area contributed by atoms with Gasteiger partial charge in [-0.05, 0) is 30.3 Å². The molecule has 6 heteroatoms. The van der Waals surface area contributed by atoms with Crippen LogP contribution in [-0.2, 0) is 4.79 Å². The third kappa shape index (κ3) is 3.79. The lowest BCUT2D eigenvalue weighted by Crippen LogP contribution is -2.00. The highest BCUT2D eigenvalue weighted by Gasteiger charge is 2.05. The molecule has 0 radical (unpaired) electrons. The predicted molar refractivity (Wildman–Crippen MR) is 77.5 cm³/mol. The van der Waals surface area contributed by atoms with Crippen molar-refractivity contribution in [3.63, 3.8) is 0 Å². The molecule has 0 spiro atoms.